The second-order valence-electron chi connectivity index (χ2n) is 3.77. The molecule has 0 aliphatic heterocycles. The molecule has 0 atom stereocenters. The first-order chi connectivity index (χ1) is 8.66. The van der Waals surface area contributed by atoms with E-state index in [-0.39, 0.29) is 5.91 Å². The van der Waals surface area contributed by atoms with E-state index in [1.54, 1.807) is 12.3 Å². The molecule has 5 heteroatoms. The van der Waals surface area contributed by atoms with Crippen molar-refractivity contribution in [3.8, 4) is 0 Å². The van der Waals surface area contributed by atoms with Crippen molar-refractivity contribution in [3.05, 3.63) is 58.3 Å². The van der Waals surface area contributed by atoms with Gasteiger partial charge in [0, 0.05) is 17.2 Å². The SMILES string of the molecule is Nc1cnccc1C(=O)NCc1ccc(Br)cc1. The monoisotopic (exact) mass is 305 g/mol. The van der Waals surface area contributed by atoms with Gasteiger partial charge in [-0.2, -0.15) is 0 Å². The van der Waals surface area contributed by atoms with Gasteiger partial charge in [0.05, 0.1) is 17.4 Å². The zero-order valence-electron chi connectivity index (χ0n) is 9.56. The molecular weight excluding hydrogens is 294 g/mol. The summed E-state index contributed by atoms with van der Waals surface area (Å²) in [5.74, 6) is -0.196. The third kappa shape index (κ3) is 3.07. The number of carbonyl (C=O) groups is 1. The number of nitrogens with zero attached hydrogens (tertiary/aromatic N) is 1. The third-order valence-electron chi connectivity index (χ3n) is 2.46. The normalized spacial score (nSPS) is 10.1. The van der Waals surface area contributed by atoms with Crippen LogP contribution in [0.2, 0.25) is 0 Å². The Morgan fingerprint density at radius 2 is 2.00 bits per heavy atom. The van der Waals surface area contributed by atoms with Crippen LogP contribution in [0.25, 0.3) is 0 Å². The summed E-state index contributed by atoms with van der Waals surface area (Å²) in [6.07, 6.45) is 3.01. The van der Waals surface area contributed by atoms with E-state index in [0.29, 0.717) is 17.8 Å². The molecule has 4 nitrogen and oxygen atoms in total. The molecule has 0 unspecified atom stereocenters. The van der Waals surface area contributed by atoms with Gasteiger partial charge in [0.2, 0.25) is 0 Å². The molecule has 0 bridgehead atoms. The first kappa shape index (κ1) is 12.6. The number of nitrogens with two attached hydrogens (primary N) is 1. The number of halogens is 1. The van der Waals surface area contributed by atoms with Gasteiger partial charge in [0.15, 0.2) is 0 Å². The van der Waals surface area contributed by atoms with E-state index in [1.165, 1.54) is 6.20 Å². The number of nitrogens with one attached hydrogen (secondary N) is 1. The van der Waals surface area contributed by atoms with Crippen LogP contribution in [0.15, 0.2) is 47.2 Å². The minimum absolute atomic E-state index is 0.196. The average Bonchev–Trinajstić information content (AvgIpc) is 2.38. The van der Waals surface area contributed by atoms with Crippen LogP contribution < -0.4 is 11.1 Å². The number of hydrogen-bond acceptors (Lipinski definition) is 3. The molecule has 0 fully saturated rings. The number of amides is 1. The molecule has 0 saturated carbocycles. The Kier molecular flexibility index (Phi) is 3.94. The maximum absolute atomic E-state index is 11.9. The molecule has 0 radical (unpaired) electrons. The summed E-state index contributed by atoms with van der Waals surface area (Å²) in [5.41, 5.74) is 7.53. The number of aromatic nitrogens is 1. The highest BCUT2D eigenvalue weighted by molar-refractivity contribution is 9.10. The zero-order valence-corrected chi connectivity index (χ0v) is 11.1. The molecule has 0 aliphatic rings. The van der Waals surface area contributed by atoms with Crippen molar-refractivity contribution in [3.63, 3.8) is 0 Å². The molecule has 0 aliphatic carbocycles. The minimum atomic E-state index is -0.196. The van der Waals surface area contributed by atoms with E-state index in [0.717, 1.165) is 10.0 Å². The summed E-state index contributed by atoms with van der Waals surface area (Å²) >= 11 is 3.36. The van der Waals surface area contributed by atoms with Gasteiger partial charge in [-0.1, -0.05) is 28.1 Å². The maximum atomic E-state index is 11.9. The van der Waals surface area contributed by atoms with Crippen LogP contribution in [0.1, 0.15) is 15.9 Å². The van der Waals surface area contributed by atoms with Gasteiger partial charge in [0.25, 0.3) is 5.91 Å². The standard InChI is InChI=1S/C13H12BrN3O/c14-10-3-1-9(2-4-10)7-17-13(18)11-5-6-16-8-12(11)15/h1-6,8H,7,15H2,(H,17,18). The fourth-order valence-electron chi connectivity index (χ4n) is 1.49. The lowest BCUT2D eigenvalue weighted by molar-refractivity contribution is 0.0951. The molecule has 2 rings (SSSR count). The van der Waals surface area contributed by atoms with Crippen molar-refractivity contribution in [2.45, 2.75) is 6.54 Å². The molecule has 18 heavy (non-hydrogen) atoms. The first-order valence-corrected chi connectivity index (χ1v) is 6.18. The van der Waals surface area contributed by atoms with E-state index < -0.39 is 0 Å². The van der Waals surface area contributed by atoms with Crippen molar-refractivity contribution in [1.82, 2.24) is 10.3 Å². The number of pyridine rings is 1. The largest absolute Gasteiger partial charge is 0.397 e. The van der Waals surface area contributed by atoms with E-state index in [4.69, 9.17) is 5.73 Å². The summed E-state index contributed by atoms with van der Waals surface area (Å²) < 4.78 is 1.01. The van der Waals surface area contributed by atoms with E-state index >= 15 is 0 Å². The molecule has 3 N–H and O–H groups in total. The van der Waals surface area contributed by atoms with Crippen LogP contribution in [-0.2, 0) is 6.54 Å². The van der Waals surface area contributed by atoms with Gasteiger partial charge < -0.3 is 11.1 Å². The van der Waals surface area contributed by atoms with E-state index in [1.807, 2.05) is 24.3 Å². The Balaban J connectivity index is 2.01. The van der Waals surface area contributed by atoms with Crippen LogP contribution in [-0.4, -0.2) is 10.9 Å². The average molecular weight is 306 g/mol. The third-order valence-corrected chi connectivity index (χ3v) is 2.99. The summed E-state index contributed by atoms with van der Waals surface area (Å²) in [5, 5.41) is 2.81. The Hall–Kier alpha value is -1.88. The summed E-state index contributed by atoms with van der Waals surface area (Å²) in [6, 6.07) is 9.36. The Bertz CT molecular complexity index is 554. The molecule has 0 saturated heterocycles. The second-order valence-corrected chi connectivity index (χ2v) is 4.69. The number of rotatable bonds is 3. The fourth-order valence-corrected chi connectivity index (χ4v) is 1.76. The van der Waals surface area contributed by atoms with Crippen molar-refractivity contribution >= 4 is 27.5 Å². The Morgan fingerprint density at radius 1 is 1.28 bits per heavy atom. The molecular formula is C13H12BrN3O. The van der Waals surface area contributed by atoms with E-state index in [9.17, 15) is 4.79 Å². The lowest BCUT2D eigenvalue weighted by Crippen LogP contribution is -2.23. The predicted octanol–water partition coefficient (Wildman–Crippen LogP) is 2.36. The maximum Gasteiger partial charge on any atom is 0.253 e. The minimum Gasteiger partial charge on any atom is -0.397 e. The number of nitrogen functional groups attached to an aromatic ring is 1. The Morgan fingerprint density at radius 3 is 2.67 bits per heavy atom. The van der Waals surface area contributed by atoms with Crippen molar-refractivity contribution in [2.24, 2.45) is 0 Å². The topological polar surface area (TPSA) is 68.0 Å². The lowest BCUT2D eigenvalue weighted by Gasteiger charge is -2.07. The molecule has 1 aromatic carbocycles. The number of anilines is 1. The van der Waals surface area contributed by atoms with Crippen LogP contribution in [0.5, 0.6) is 0 Å². The van der Waals surface area contributed by atoms with Crippen molar-refractivity contribution in [2.75, 3.05) is 5.73 Å². The number of carbonyl (C=O) groups excluding carboxylic acids is 1. The van der Waals surface area contributed by atoms with Gasteiger partial charge in [-0.3, -0.25) is 9.78 Å². The second kappa shape index (κ2) is 5.64. The number of benzene rings is 1. The lowest BCUT2D eigenvalue weighted by atomic mass is 10.2. The van der Waals surface area contributed by atoms with E-state index in [2.05, 4.69) is 26.2 Å². The van der Waals surface area contributed by atoms with Crippen molar-refractivity contribution in [1.29, 1.82) is 0 Å². The molecule has 2 aromatic rings. The Labute approximate surface area is 113 Å². The van der Waals surface area contributed by atoms with Gasteiger partial charge in [-0.05, 0) is 23.8 Å². The summed E-state index contributed by atoms with van der Waals surface area (Å²) in [4.78, 5) is 15.7. The van der Waals surface area contributed by atoms with Crippen LogP contribution in [0.3, 0.4) is 0 Å². The van der Waals surface area contributed by atoms with Crippen LogP contribution in [0, 0.1) is 0 Å². The molecule has 1 aromatic heterocycles. The molecule has 1 heterocycles. The predicted molar refractivity (Wildman–Crippen MR) is 74.0 cm³/mol. The summed E-state index contributed by atoms with van der Waals surface area (Å²) in [7, 11) is 0. The van der Waals surface area contributed by atoms with Crippen LogP contribution in [0.4, 0.5) is 5.69 Å². The van der Waals surface area contributed by atoms with Crippen molar-refractivity contribution < 1.29 is 4.79 Å². The first-order valence-electron chi connectivity index (χ1n) is 5.39. The fraction of sp³-hybridized carbons (Fsp3) is 0.0769. The quantitative estimate of drug-likeness (QED) is 0.914. The van der Waals surface area contributed by atoms with Gasteiger partial charge in [-0.25, -0.2) is 0 Å². The number of hydrogen-bond donors (Lipinski definition) is 2. The zero-order chi connectivity index (χ0) is 13.0. The highest BCUT2D eigenvalue weighted by atomic mass is 79.9. The molecule has 1 amide bonds. The highest BCUT2D eigenvalue weighted by Gasteiger charge is 2.08. The molecule has 0 spiro atoms. The van der Waals surface area contributed by atoms with Gasteiger partial charge >= 0.3 is 0 Å². The molecule has 92 valence electrons. The van der Waals surface area contributed by atoms with Gasteiger partial charge in [0.1, 0.15) is 0 Å². The van der Waals surface area contributed by atoms with Gasteiger partial charge in [-0.15, -0.1) is 0 Å². The smallest absolute Gasteiger partial charge is 0.253 e. The highest BCUT2D eigenvalue weighted by Crippen LogP contribution is 2.11. The summed E-state index contributed by atoms with van der Waals surface area (Å²) in [6.45, 7) is 0.466. The van der Waals surface area contributed by atoms with Crippen LogP contribution >= 0.6 is 15.9 Å².